The maximum Gasteiger partial charge on any atom is 0.308 e. The van der Waals surface area contributed by atoms with Crippen LogP contribution in [0.3, 0.4) is 0 Å². The van der Waals surface area contributed by atoms with Crippen LogP contribution in [-0.4, -0.2) is 49.4 Å². The van der Waals surface area contributed by atoms with Crippen LogP contribution < -0.4 is 5.32 Å². The Labute approximate surface area is 143 Å². The molecule has 0 unspecified atom stereocenters. The molecule has 0 aromatic heterocycles. The van der Waals surface area contributed by atoms with Gasteiger partial charge in [0.15, 0.2) is 0 Å². The first-order valence-electron chi connectivity index (χ1n) is 7.40. The number of likely N-dealkylation sites (tertiary alicyclic amines) is 1. The van der Waals surface area contributed by atoms with Crippen molar-refractivity contribution in [3.63, 3.8) is 0 Å². The van der Waals surface area contributed by atoms with Crippen LogP contribution in [0.25, 0.3) is 0 Å². The summed E-state index contributed by atoms with van der Waals surface area (Å²) in [5.41, 5.74) is 0.497. The molecule has 2 amide bonds. The van der Waals surface area contributed by atoms with Gasteiger partial charge in [-0.05, 0) is 31.0 Å². The van der Waals surface area contributed by atoms with Gasteiger partial charge in [0, 0.05) is 23.1 Å². The van der Waals surface area contributed by atoms with E-state index in [9.17, 15) is 14.4 Å². The van der Waals surface area contributed by atoms with Gasteiger partial charge in [-0.25, -0.2) is 0 Å². The molecular formula is C16H19BrN2O4. The number of carbonyl (C=O) groups excluding carboxylic acids is 3. The van der Waals surface area contributed by atoms with Gasteiger partial charge in [-0.3, -0.25) is 14.4 Å². The standard InChI is InChI=1S/C16H19BrN2O4/c1-23-16(22)11-5-7-19(8-6-11)14(20)10-18-15(21)12-3-2-4-13(17)9-12/h2-4,9,11H,5-8,10H2,1H3,(H,18,21). The number of piperidine rings is 1. The van der Waals surface area contributed by atoms with Crippen LogP contribution in [0.4, 0.5) is 0 Å². The lowest BCUT2D eigenvalue weighted by atomic mass is 9.97. The number of ether oxygens (including phenoxy) is 1. The quantitative estimate of drug-likeness (QED) is 0.802. The second-order valence-corrected chi connectivity index (χ2v) is 6.29. The Bertz CT molecular complexity index is 597. The fraction of sp³-hybridized carbons (Fsp3) is 0.438. The molecule has 124 valence electrons. The Morgan fingerprint density at radius 3 is 2.61 bits per heavy atom. The number of benzene rings is 1. The van der Waals surface area contributed by atoms with Gasteiger partial charge < -0.3 is 15.0 Å². The summed E-state index contributed by atoms with van der Waals surface area (Å²) < 4.78 is 5.53. The Morgan fingerprint density at radius 1 is 1.30 bits per heavy atom. The van der Waals surface area contributed by atoms with Crippen LogP contribution in [0.2, 0.25) is 0 Å². The zero-order valence-corrected chi connectivity index (χ0v) is 14.5. The van der Waals surface area contributed by atoms with Gasteiger partial charge in [0.2, 0.25) is 5.91 Å². The minimum absolute atomic E-state index is 0.0474. The number of amides is 2. The third kappa shape index (κ3) is 4.79. The number of hydrogen-bond acceptors (Lipinski definition) is 4. The van der Waals surface area contributed by atoms with E-state index in [1.54, 1.807) is 23.1 Å². The van der Waals surface area contributed by atoms with Gasteiger partial charge in [0.05, 0.1) is 19.6 Å². The largest absolute Gasteiger partial charge is 0.469 e. The Morgan fingerprint density at radius 2 is 2.00 bits per heavy atom. The smallest absolute Gasteiger partial charge is 0.308 e. The van der Waals surface area contributed by atoms with Crippen molar-refractivity contribution in [2.45, 2.75) is 12.8 Å². The molecule has 0 atom stereocenters. The number of carbonyl (C=O) groups is 3. The predicted octanol–water partition coefficient (Wildman–Crippen LogP) is 1.59. The molecule has 2 rings (SSSR count). The van der Waals surface area contributed by atoms with E-state index < -0.39 is 0 Å². The highest BCUT2D eigenvalue weighted by Crippen LogP contribution is 2.18. The summed E-state index contributed by atoms with van der Waals surface area (Å²) >= 11 is 3.30. The molecule has 1 aromatic rings. The Balaban J connectivity index is 1.79. The van der Waals surface area contributed by atoms with Gasteiger partial charge in [0.25, 0.3) is 5.91 Å². The molecule has 1 N–H and O–H groups in total. The van der Waals surface area contributed by atoms with Crippen molar-refractivity contribution in [3.8, 4) is 0 Å². The lowest BCUT2D eigenvalue weighted by Crippen LogP contribution is -2.45. The zero-order valence-electron chi connectivity index (χ0n) is 12.9. The molecule has 0 saturated carbocycles. The third-order valence-electron chi connectivity index (χ3n) is 3.87. The van der Waals surface area contributed by atoms with Gasteiger partial charge in [-0.15, -0.1) is 0 Å². The number of nitrogens with zero attached hydrogens (tertiary/aromatic N) is 1. The molecule has 7 heteroatoms. The molecule has 1 saturated heterocycles. The lowest BCUT2D eigenvalue weighted by molar-refractivity contribution is -0.148. The summed E-state index contributed by atoms with van der Waals surface area (Å²) in [5, 5.41) is 2.63. The van der Waals surface area contributed by atoms with Crippen molar-refractivity contribution in [2.75, 3.05) is 26.7 Å². The first-order valence-corrected chi connectivity index (χ1v) is 8.20. The van der Waals surface area contributed by atoms with E-state index >= 15 is 0 Å². The average Bonchev–Trinajstić information content (AvgIpc) is 2.58. The van der Waals surface area contributed by atoms with E-state index in [0.29, 0.717) is 31.5 Å². The third-order valence-corrected chi connectivity index (χ3v) is 4.36. The molecule has 0 spiro atoms. The van der Waals surface area contributed by atoms with Crippen LogP contribution in [0.5, 0.6) is 0 Å². The molecule has 0 radical (unpaired) electrons. The Kier molecular flexibility index (Phi) is 6.15. The van der Waals surface area contributed by atoms with Crippen LogP contribution in [0.1, 0.15) is 23.2 Å². The second kappa shape index (κ2) is 8.10. The van der Waals surface area contributed by atoms with Gasteiger partial charge in [-0.1, -0.05) is 22.0 Å². The molecule has 1 heterocycles. The van der Waals surface area contributed by atoms with Crippen LogP contribution in [0.15, 0.2) is 28.7 Å². The zero-order chi connectivity index (χ0) is 16.8. The van der Waals surface area contributed by atoms with Gasteiger partial charge >= 0.3 is 5.97 Å². The van der Waals surface area contributed by atoms with Crippen LogP contribution >= 0.6 is 15.9 Å². The van der Waals surface area contributed by atoms with Crippen molar-refractivity contribution < 1.29 is 19.1 Å². The highest BCUT2D eigenvalue weighted by molar-refractivity contribution is 9.10. The monoisotopic (exact) mass is 382 g/mol. The number of esters is 1. The first-order chi connectivity index (χ1) is 11.0. The molecule has 1 aliphatic heterocycles. The first kappa shape index (κ1) is 17.5. The van der Waals surface area contributed by atoms with E-state index in [1.165, 1.54) is 7.11 Å². The fourth-order valence-electron chi connectivity index (χ4n) is 2.53. The van der Waals surface area contributed by atoms with Crippen molar-refractivity contribution >= 4 is 33.7 Å². The van der Waals surface area contributed by atoms with Crippen molar-refractivity contribution in [2.24, 2.45) is 5.92 Å². The maximum absolute atomic E-state index is 12.1. The topological polar surface area (TPSA) is 75.7 Å². The van der Waals surface area contributed by atoms with E-state index in [4.69, 9.17) is 4.74 Å². The number of methoxy groups -OCH3 is 1. The fourth-order valence-corrected chi connectivity index (χ4v) is 2.93. The summed E-state index contributed by atoms with van der Waals surface area (Å²) in [6, 6.07) is 6.97. The number of halogens is 1. The summed E-state index contributed by atoms with van der Waals surface area (Å²) in [7, 11) is 1.37. The van der Waals surface area contributed by atoms with Crippen molar-refractivity contribution in [3.05, 3.63) is 34.3 Å². The molecule has 23 heavy (non-hydrogen) atoms. The molecule has 1 aliphatic rings. The van der Waals surface area contributed by atoms with Crippen molar-refractivity contribution in [1.29, 1.82) is 0 Å². The van der Waals surface area contributed by atoms with E-state index in [2.05, 4.69) is 21.2 Å². The maximum atomic E-state index is 12.1. The van der Waals surface area contributed by atoms with E-state index in [-0.39, 0.29) is 30.2 Å². The molecular weight excluding hydrogens is 364 g/mol. The number of rotatable bonds is 4. The van der Waals surface area contributed by atoms with Gasteiger partial charge in [-0.2, -0.15) is 0 Å². The molecule has 1 fully saturated rings. The molecule has 6 nitrogen and oxygen atoms in total. The summed E-state index contributed by atoms with van der Waals surface area (Å²) in [5.74, 6) is -0.791. The molecule has 1 aromatic carbocycles. The summed E-state index contributed by atoms with van der Waals surface area (Å²) in [4.78, 5) is 37.3. The lowest BCUT2D eigenvalue weighted by Gasteiger charge is -2.30. The Hall–Kier alpha value is -1.89. The highest BCUT2D eigenvalue weighted by Gasteiger charge is 2.27. The summed E-state index contributed by atoms with van der Waals surface area (Å²) in [6.07, 6.45) is 1.19. The minimum Gasteiger partial charge on any atom is -0.469 e. The number of hydrogen-bond donors (Lipinski definition) is 1. The SMILES string of the molecule is COC(=O)C1CCN(C(=O)CNC(=O)c2cccc(Br)c2)CC1. The van der Waals surface area contributed by atoms with E-state index in [0.717, 1.165) is 4.47 Å². The van der Waals surface area contributed by atoms with Crippen LogP contribution in [-0.2, 0) is 14.3 Å². The minimum atomic E-state index is -0.288. The average molecular weight is 383 g/mol. The van der Waals surface area contributed by atoms with Crippen LogP contribution in [0, 0.1) is 5.92 Å². The highest BCUT2D eigenvalue weighted by atomic mass is 79.9. The van der Waals surface area contributed by atoms with E-state index in [1.807, 2.05) is 6.07 Å². The molecule has 0 bridgehead atoms. The van der Waals surface area contributed by atoms with Crippen molar-refractivity contribution in [1.82, 2.24) is 10.2 Å². The second-order valence-electron chi connectivity index (χ2n) is 5.37. The predicted molar refractivity (Wildman–Crippen MR) is 87.8 cm³/mol. The van der Waals surface area contributed by atoms with Gasteiger partial charge in [0.1, 0.15) is 0 Å². The normalized spacial score (nSPS) is 15.1. The molecule has 0 aliphatic carbocycles. The summed E-state index contributed by atoms with van der Waals surface area (Å²) in [6.45, 7) is 0.963. The number of nitrogens with one attached hydrogen (secondary N) is 1.